The molecule has 0 heterocycles. The van der Waals surface area contributed by atoms with Crippen molar-refractivity contribution in [3.63, 3.8) is 0 Å². The van der Waals surface area contributed by atoms with Crippen LogP contribution < -0.4 is 14.8 Å². The highest BCUT2D eigenvalue weighted by atomic mass is 35.5. The lowest BCUT2D eigenvalue weighted by molar-refractivity contribution is -0.112. The summed E-state index contributed by atoms with van der Waals surface area (Å²) in [5.74, 6) is -0.871. The van der Waals surface area contributed by atoms with Crippen LogP contribution in [-0.2, 0) is 4.79 Å². The van der Waals surface area contributed by atoms with Crippen LogP contribution in [0.15, 0.2) is 83.0 Å². The maximum absolute atomic E-state index is 14.3. The van der Waals surface area contributed by atoms with Gasteiger partial charge in [0.1, 0.15) is 22.9 Å². The number of aliphatic hydroxyl groups is 1. The summed E-state index contributed by atoms with van der Waals surface area (Å²) in [5, 5.41) is 21.7. The number of halogens is 2. The van der Waals surface area contributed by atoms with Gasteiger partial charge in [-0.1, -0.05) is 11.6 Å². The molecule has 0 aromatic heterocycles. The Morgan fingerprint density at radius 2 is 1.70 bits per heavy atom. The van der Waals surface area contributed by atoms with E-state index >= 15 is 0 Å². The Morgan fingerprint density at radius 3 is 2.30 bits per heavy atom. The first-order valence-electron chi connectivity index (χ1n) is 9.71. The highest BCUT2D eigenvalue weighted by Gasteiger charge is 2.20. The average molecular weight is 486 g/mol. The second-order valence-corrected chi connectivity index (χ2v) is 8.16. The first kappa shape index (κ1) is 24.2. The van der Waals surface area contributed by atoms with Crippen LogP contribution in [0.3, 0.4) is 0 Å². The van der Waals surface area contributed by atoms with E-state index in [0.717, 1.165) is 17.6 Å². The molecule has 0 aliphatic rings. The minimum atomic E-state index is -0.691. The molecule has 0 atom stereocenters. The summed E-state index contributed by atoms with van der Waals surface area (Å²) in [6.45, 7) is 1.33. The number of nitrogens with one attached hydrogen (secondary N) is 3. The number of rotatable bonds is 8. The Balaban J connectivity index is 1.75. The molecule has 0 radical (unpaired) electrons. The van der Waals surface area contributed by atoms with Crippen LogP contribution in [0.25, 0.3) is 0 Å². The second-order valence-electron chi connectivity index (χ2n) is 6.87. The van der Waals surface area contributed by atoms with Crippen molar-refractivity contribution in [3.8, 4) is 5.75 Å². The number of carbonyl (C=O) groups excluding carboxylic acids is 1. The second kappa shape index (κ2) is 10.9. The molecule has 0 spiro atoms. The van der Waals surface area contributed by atoms with Crippen LogP contribution in [0.4, 0.5) is 15.8 Å². The summed E-state index contributed by atoms with van der Waals surface area (Å²) in [6, 6.07) is 17.6. The van der Waals surface area contributed by atoms with E-state index in [1.165, 1.54) is 32.2 Å². The van der Waals surface area contributed by atoms with Gasteiger partial charge in [-0.15, -0.1) is 0 Å². The quantitative estimate of drug-likeness (QED) is 0.127. The van der Waals surface area contributed by atoms with Gasteiger partial charge in [0.05, 0.1) is 17.7 Å². The number of carbonyl (C=O) groups is 1. The Hall–Kier alpha value is -3.49. The standard InChI is InChI=1S/C24H21ClFN3O3S/c1-14(30)22(23(27)15-3-10-19(32-2)11-4-15)24(31)28-18-9-12-20(26)21(13-18)33-29-17-7-5-16(25)6-8-17/h3-13,27,29-30H,1-2H3,(H,28,31)/b22-14+,27-23?. The van der Waals surface area contributed by atoms with E-state index in [1.807, 2.05) is 0 Å². The molecule has 33 heavy (non-hydrogen) atoms. The Bertz CT molecular complexity index is 1190. The van der Waals surface area contributed by atoms with Gasteiger partial charge in [-0.25, -0.2) is 4.39 Å². The molecule has 0 saturated heterocycles. The van der Waals surface area contributed by atoms with E-state index in [2.05, 4.69) is 10.0 Å². The predicted molar refractivity (Wildman–Crippen MR) is 131 cm³/mol. The molecule has 3 rings (SSSR count). The topological polar surface area (TPSA) is 94.4 Å². The molecule has 0 aliphatic carbocycles. The summed E-state index contributed by atoms with van der Waals surface area (Å²) in [4.78, 5) is 13.1. The van der Waals surface area contributed by atoms with Crippen molar-refractivity contribution in [1.82, 2.24) is 0 Å². The first-order valence-corrected chi connectivity index (χ1v) is 10.9. The van der Waals surface area contributed by atoms with Gasteiger partial charge in [-0.3, -0.25) is 10.2 Å². The van der Waals surface area contributed by atoms with Crippen LogP contribution in [-0.4, -0.2) is 23.8 Å². The van der Waals surface area contributed by atoms with Gasteiger partial charge in [0.25, 0.3) is 5.91 Å². The fourth-order valence-corrected chi connectivity index (χ4v) is 3.69. The van der Waals surface area contributed by atoms with Crippen LogP contribution in [0.5, 0.6) is 5.75 Å². The SMILES string of the molecule is COc1ccc(C(=N)/C(C(=O)Nc2ccc(F)c(SNc3ccc(Cl)cc3)c2)=C(/C)O)cc1. The van der Waals surface area contributed by atoms with Crippen LogP contribution in [0.2, 0.25) is 5.02 Å². The molecular formula is C24H21ClFN3O3S. The summed E-state index contributed by atoms with van der Waals surface area (Å²) in [6.07, 6.45) is 0. The van der Waals surface area contributed by atoms with E-state index in [4.69, 9.17) is 21.7 Å². The van der Waals surface area contributed by atoms with Crippen molar-refractivity contribution in [2.75, 3.05) is 17.1 Å². The monoisotopic (exact) mass is 485 g/mol. The van der Waals surface area contributed by atoms with Gasteiger partial charge in [0.2, 0.25) is 0 Å². The summed E-state index contributed by atoms with van der Waals surface area (Å²) in [7, 11) is 1.52. The molecule has 4 N–H and O–H groups in total. The summed E-state index contributed by atoms with van der Waals surface area (Å²) in [5.41, 5.74) is 1.11. The molecule has 6 nitrogen and oxygen atoms in total. The Morgan fingerprint density at radius 1 is 1.06 bits per heavy atom. The van der Waals surface area contributed by atoms with Gasteiger partial charge < -0.3 is 19.9 Å². The largest absolute Gasteiger partial charge is 0.512 e. The van der Waals surface area contributed by atoms with Crippen molar-refractivity contribution in [3.05, 3.63) is 94.5 Å². The molecule has 0 aliphatic heterocycles. The third-order valence-corrected chi connectivity index (χ3v) is 5.65. The molecular weight excluding hydrogens is 465 g/mol. The highest BCUT2D eigenvalue weighted by molar-refractivity contribution is 8.00. The van der Waals surface area contributed by atoms with Gasteiger partial charge in [-0.05, 0) is 85.6 Å². The number of hydrogen-bond acceptors (Lipinski definition) is 6. The molecule has 1 amide bonds. The van der Waals surface area contributed by atoms with E-state index in [0.29, 0.717) is 22.0 Å². The summed E-state index contributed by atoms with van der Waals surface area (Å²) >= 11 is 6.90. The molecule has 0 unspecified atom stereocenters. The van der Waals surface area contributed by atoms with Crippen molar-refractivity contribution in [2.24, 2.45) is 0 Å². The lowest BCUT2D eigenvalue weighted by atomic mass is 10.0. The minimum absolute atomic E-state index is 0.156. The number of allylic oxidation sites excluding steroid dienone is 1. The van der Waals surface area contributed by atoms with Gasteiger partial charge in [0.15, 0.2) is 0 Å². The van der Waals surface area contributed by atoms with Gasteiger partial charge in [-0.2, -0.15) is 0 Å². The zero-order valence-electron chi connectivity index (χ0n) is 17.8. The third kappa shape index (κ3) is 6.27. The fourth-order valence-electron chi connectivity index (χ4n) is 2.85. The zero-order valence-corrected chi connectivity index (χ0v) is 19.4. The number of methoxy groups -OCH3 is 1. The molecule has 170 valence electrons. The van der Waals surface area contributed by atoms with E-state index in [-0.39, 0.29) is 21.9 Å². The average Bonchev–Trinajstić information content (AvgIpc) is 2.80. The molecule has 0 saturated carbocycles. The van der Waals surface area contributed by atoms with Crippen molar-refractivity contribution in [2.45, 2.75) is 11.8 Å². The maximum Gasteiger partial charge on any atom is 0.261 e. The predicted octanol–water partition coefficient (Wildman–Crippen LogP) is 6.45. The Labute approximate surface area is 200 Å². The zero-order chi connectivity index (χ0) is 24.0. The van der Waals surface area contributed by atoms with E-state index in [1.54, 1.807) is 48.5 Å². The number of anilines is 2. The Kier molecular flexibility index (Phi) is 7.97. The van der Waals surface area contributed by atoms with Crippen LogP contribution >= 0.6 is 23.5 Å². The number of amides is 1. The van der Waals surface area contributed by atoms with Crippen LogP contribution in [0, 0.1) is 11.2 Å². The lowest BCUT2D eigenvalue weighted by Gasteiger charge is -2.13. The lowest BCUT2D eigenvalue weighted by Crippen LogP contribution is -2.22. The van der Waals surface area contributed by atoms with E-state index in [9.17, 15) is 14.3 Å². The molecule has 3 aromatic rings. The summed E-state index contributed by atoms with van der Waals surface area (Å²) < 4.78 is 22.4. The number of benzene rings is 3. The number of aliphatic hydroxyl groups excluding tert-OH is 1. The fraction of sp³-hybridized carbons (Fsp3) is 0.0833. The highest BCUT2D eigenvalue weighted by Crippen LogP contribution is 2.28. The smallest absolute Gasteiger partial charge is 0.261 e. The van der Waals surface area contributed by atoms with Crippen molar-refractivity contribution < 1.29 is 19.0 Å². The first-order chi connectivity index (χ1) is 15.8. The molecule has 0 bridgehead atoms. The van der Waals surface area contributed by atoms with Crippen molar-refractivity contribution >= 4 is 46.5 Å². The van der Waals surface area contributed by atoms with Crippen LogP contribution in [0.1, 0.15) is 12.5 Å². The van der Waals surface area contributed by atoms with Crippen molar-refractivity contribution in [1.29, 1.82) is 5.41 Å². The molecule has 9 heteroatoms. The van der Waals surface area contributed by atoms with E-state index < -0.39 is 11.7 Å². The van der Waals surface area contributed by atoms with Gasteiger partial charge in [0, 0.05) is 22.0 Å². The number of ether oxygens (including phenoxy) is 1. The number of hydrogen-bond donors (Lipinski definition) is 4. The van der Waals surface area contributed by atoms with Gasteiger partial charge >= 0.3 is 0 Å². The minimum Gasteiger partial charge on any atom is -0.512 e. The third-order valence-electron chi connectivity index (χ3n) is 4.53. The molecule has 0 fully saturated rings. The maximum atomic E-state index is 14.3. The normalized spacial score (nSPS) is 11.4. The molecule has 3 aromatic carbocycles.